The van der Waals surface area contributed by atoms with Crippen LogP contribution in [0.2, 0.25) is 0 Å². The summed E-state index contributed by atoms with van der Waals surface area (Å²) in [4.78, 5) is 30.8. The van der Waals surface area contributed by atoms with Gasteiger partial charge in [0.25, 0.3) is 5.91 Å². The lowest BCUT2D eigenvalue weighted by Gasteiger charge is -2.29. The molecule has 0 saturated carbocycles. The first-order chi connectivity index (χ1) is 17.4. The summed E-state index contributed by atoms with van der Waals surface area (Å²) in [5.74, 6) is -1.26. The third-order valence-corrected chi connectivity index (χ3v) is 5.29. The number of phenols is 1. The molecule has 1 aliphatic rings. The molecule has 2 aromatic rings. The van der Waals surface area contributed by atoms with Gasteiger partial charge in [-0.3, -0.25) is 14.4 Å². The van der Waals surface area contributed by atoms with E-state index in [1.165, 1.54) is 12.1 Å². The van der Waals surface area contributed by atoms with Gasteiger partial charge in [-0.25, -0.2) is 0 Å². The summed E-state index contributed by atoms with van der Waals surface area (Å²) in [6.07, 6.45) is -0.743. The van der Waals surface area contributed by atoms with Crippen LogP contribution in [-0.2, 0) is 20.8 Å². The van der Waals surface area contributed by atoms with Gasteiger partial charge in [-0.1, -0.05) is 12.1 Å². The van der Waals surface area contributed by atoms with Crippen LogP contribution in [0, 0.1) is 0 Å². The Bertz CT molecular complexity index is 1070. The topological polar surface area (TPSA) is 175 Å². The first kappa shape index (κ1) is 29.4. The van der Waals surface area contributed by atoms with Gasteiger partial charge in [-0.2, -0.15) is 0 Å². The number of phenolic OH excluding ortho intramolecular Hbond substituents is 1. The van der Waals surface area contributed by atoms with Crippen LogP contribution in [0.3, 0.4) is 0 Å². The monoisotopic (exact) mass is 518 g/mol. The zero-order valence-corrected chi connectivity index (χ0v) is 21.1. The Morgan fingerprint density at radius 3 is 2.32 bits per heavy atom. The molecule has 11 nitrogen and oxygen atoms in total. The van der Waals surface area contributed by atoms with Crippen molar-refractivity contribution in [2.75, 3.05) is 25.1 Å². The average Bonchev–Trinajstić information content (AvgIpc) is 2.82. The number of β-amino-alcohol motifs (C(OH)–C–C–N with tert-alkyl or cyclic N) is 1. The number of carboxylic acids is 2. The minimum Gasteiger partial charge on any atom is -0.508 e. The van der Waals surface area contributed by atoms with E-state index in [0.717, 1.165) is 17.7 Å². The quantitative estimate of drug-likeness (QED) is 0.259. The molecule has 1 heterocycles. The Hall–Kier alpha value is -3.83. The van der Waals surface area contributed by atoms with Crippen molar-refractivity contribution >= 4 is 23.5 Å². The maximum atomic E-state index is 11.5. The van der Waals surface area contributed by atoms with Gasteiger partial charge >= 0.3 is 11.9 Å². The molecule has 1 atom stereocenters. The predicted molar refractivity (Wildman–Crippen MR) is 135 cm³/mol. The fourth-order valence-electron chi connectivity index (χ4n) is 3.60. The van der Waals surface area contributed by atoms with E-state index in [0.29, 0.717) is 23.6 Å². The zero-order chi connectivity index (χ0) is 27.6. The number of hydrogen-bond acceptors (Lipinski definition) is 8. The van der Waals surface area contributed by atoms with Gasteiger partial charge in [-0.15, -0.1) is 0 Å². The van der Waals surface area contributed by atoms with Crippen molar-refractivity contribution in [3.05, 3.63) is 47.5 Å². The molecule has 0 aliphatic carbocycles. The molecule has 0 aromatic heterocycles. The lowest BCUT2D eigenvalue weighted by atomic mass is 9.94. The third-order valence-electron chi connectivity index (χ3n) is 5.29. The van der Waals surface area contributed by atoms with E-state index in [2.05, 4.69) is 24.5 Å². The maximum Gasteiger partial charge on any atom is 0.303 e. The molecule has 3 rings (SSSR count). The molecule has 1 aliphatic heterocycles. The number of aromatic hydroxyl groups is 1. The average molecular weight is 519 g/mol. The fourth-order valence-corrected chi connectivity index (χ4v) is 3.60. The molecule has 37 heavy (non-hydrogen) atoms. The Kier molecular flexibility index (Phi) is 10.7. The van der Waals surface area contributed by atoms with Crippen LogP contribution in [0.25, 0.3) is 0 Å². The van der Waals surface area contributed by atoms with Crippen LogP contribution in [0.15, 0.2) is 36.4 Å². The summed E-state index contributed by atoms with van der Waals surface area (Å²) in [7, 11) is 0. The summed E-state index contributed by atoms with van der Waals surface area (Å²) in [6.45, 7) is 6.85. The Morgan fingerprint density at radius 1 is 1.14 bits per heavy atom. The minimum absolute atomic E-state index is 0.0442. The fraction of sp³-hybridized carbons (Fsp3) is 0.423. The minimum atomic E-state index is -1.08. The van der Waals surface area contributed by atoms with E-state index in [1.54, 1.807) is 0 Å². The summed E-state index contributed by atoms with van der Waals surface area (Å²) in [5.41, 5.74) is 1.68. The molecule has 11 heteroatoms. The number of rotatable bonds is 11. The van der Waals surface area contributed by atoms with Gasteiger partial charge in [0.2, 0.25) is 0 Å². The number of benzene rings is 2. The molecule has 202 valence electrons. The van der Waals surface area contributed by atoms with Gasteiger partial charge in [0.05, 0.1) is 31.2 Å². The summed E-state index contributed by atoms with van der Waals surface area (Å²) >= 11 is 0. The first-order valence-corrected chi connectivity index (χ1v) is 11.8. The van der Waals surface area contributed by atoms with Gasteiger partial charge in [0.1, 0.15) is 17.2 Å². The van der Waals surface area contributed by atoms with Gasteiger partial charge in [-0.05, 0) is 51.0 Å². The van der Waals surface area contributed by atoms with Crippen molar-refractivity contribution in [2.45, 2.75) is 51.7 Å². The number of carboxylic acid groups (broad SMARTS) is 2. The number of carbonyl (C=O) groups excluding carboxylic acids is 1. The maximum absolute atomic E-state index is 11.5. The molecular formula is C26H34N2O9. The number of aliphatic carboxylic acids is 2. The number of amides is 1. The van der Waals surface area contributed by atoms with Crippen LogP contribution in [0.1, 0.15) is 50.8 Å². The zero-order valence-electron chi connectivity index (χ0n) is 21.1. The number of aliphatic hydroxyl groups is 1. The molecule has 0 bridgehead atoms. The van der Waals surface area contributed by atoms with Crippen molar-refractivity contribution in [1.29, 1.82) is 0 Å². The number of aliphatic hydroxyl groups excluding tert-OH is 1. The lowest BCUT2D eigenvalue weighted by molar-refractivity contribution is -0.143. The van der Waals surface area contributed by atoms with E-state index < -0.39 is 18.0 Å². The highest BCUT2D eigenvalue weighted by atomic mass is 16.5. The molecule has 0 fully saturated rings. The second-order valence-corrected chi connectivity index (χ2v) is 9.07. The van der Waals surface area contributed by atoms with E-state index >= 15 is 0 Å². The van der Waals surface area contributed by atoms with E-state index in [4.69, 9.17) is 19.7 Å². The van der Waals surface area contributed by atoms with E-state index in [-0.39, 0.29) is 43.2 Å². The van der Waals surface area contributed by atoms with Crippen molar-refractivity contribution in [3.8, 4) is 17.2 Å². The summed E-state index contributed by atoms with van der Waals surface area (Å²) in [6, 6.07) is 10.8. The number of fused-ring (bicyclic) bond motifs is 1. The second kappa shape index (κ2) is 13.5. The van der Waals surface area contributed by atoms with Crippen LogP contribution in [0.4, 0.5) is 5.69 Å². The van der Waals surface area contributed by atoms with Crippen molar-refractivity contribution in [2.24, 2.45) is 0 Å². The molecule has 2 aromatic carbocycles. The standard InChI is InChI=1S/C22H28N2O5.C4H6O4/c1-4-28-16-7-5-14(6-8-16)11-22(2,3)23-12-19(26)17-9-15(25)10-18-21(17)29-13-20(27)24-18;5-3(6)1-2-4(7)8/h5-10,19,23,25-26H,4,11-13H2,1-3H3,(H,24,27);1-2H2,(H,5,6)(H,7,8)/t19-;/m0./s1. The third kappa shape index (κ3) is 9.98. The van der Waals surface area contributed by atoms with Crippen molar-refractivity contribution < 1.29 is 44.3 Å². The Morgan fingerprint density at radius 2 is 1.76 bits per heavy atom. The molecular weight excluding hydrogens is 484 g/mol. The largest absolute Gasteiger partial charge is 0.508 e. The van der Waals surface area contributed by atoms with Crippen LogP contribution < -0.4 is 20.1 Å². The number of nitrogens with one attached hydrogen (secondary N) is 2. The normalized spacial score (nSPS) is 13.2. The van der Waals surface area contributed by atoms with Gasteiger partial charge < -0.3 is 40.5 Å². The predicted octanol–water partition coefficient (Wildman–Crippen LogP) is 2.70. The summed E-state index contributed by atoms with van der Waals surface area (Å²) < 4.78 is 11.0. The van der Waals surface area contributed by atoms with E-state index in [1.807, 2.05) is 31.2 Å². The van der Waals surface area contributed by atoms with Crippen LogP contribution in [-0.4, -0.2) is 63.6 Å². The molecule has 6 N–H and O–H groups in total. The Balaban J connectivity index is 0.000000521. The summed E-state index contributed by atoms with van der Waals surface area (Å²) in [5, 5.41) is 42.5. The highest BCUT2D eigenvalue weighted by molar-refractivity contribution is 5.96. The molecule has 0 spiro atoms. The molecule has 1 amide bonds. The van der Waals surface area contributed by atoms with Crippen LogP contribution >= 0.6 is 0 Å². The molecule has 0 saturated heterocycles. The van der Waals surface area contributed by atoms with Crippen molar-refractivity contribution in [1.82, 2.24) is 5.32 Å². The number of ether oxygens (including phenoxy) is 2. The SMILES string of the molecule is CCOc1ccc(CC(C)(C)NC[C@H](O)c2cc(O)cc3c2OCC(=O)N3)cc1.O=C(O)CCC(=O)O. The van der Waals surface area contributed by atoms with Gasteiger partial charge in [0.15, 0.2) is 6.61 Å². The highest BCUT2D eigenvalue weighted by Gasteiger charge is 2.26. The first-order valence-electron chi connectivity index (χ1n) is 11.8. The van der Waals surface area contributed by atoms with Crippen molar-refractivity contribution in [3.63, 3.8) is 0 Å². The van der Waals surface area contributed by atoms with E-state index in [9.17, 15) is 24.6 Å². The molecule has 0 radical (unpaired) electrons. The number of hydrogen-bond donors (Lipinski definition) is 6. The van der Waals surface area contributed by atoms with Crippen LogP contribution in [0.5, 0.6) is 17.2 Å². The van der Waals surface area contributed by atoms with Gasteiger partial charge in [0, 0.05) is 23.7 Å². The second-order valence-electron chi connectivity index (χ2n) is 9.07. The molecule has 0 unspecified atom stereocenters. The number of carbonyl (C=O) groups is 3. The highest BCUT2D eigenvalue weighted by Crippen LogP contribution is 2.38. The number of anilines is 1. The smallest absolute Gasteiger partial charge is 0.303 e. The Labute approximate surface area is 215 Å². The lowest BCUT2D eigenvalue weighted by Crippen LogP contribution is -2.43.